The van der Waals surface area contributed by atoms with Crippen LogP contribution in [0.1, 0.15) is 0 Å². The van der Waals surface area contributed by atoms with Crippen molar-refractivity contribution in [2.75, 3.05) is 14.2 Å². The highest BCUT2D eigenvalue weighted by Gasteiger charge is 2.19. The van der Waals surface area contributed by atoms with Gasteiger partial charge in [-0.15, -0.1) is 0 Å². The predicted octanol–water partition coefficient (Wildman–Crippen LogP) is 2.30. The summed E-state index contributed by atoms with van der Waals surface area (Å²) in [6.45, 7) is 0. The number of rotatable bonds is 3. The zero-order valence-corrected chi connectivity index (χ0v) is 13.2. The monoisotopic (exact) mass is 346 g/mol. The summed E-state index contributed by atoms with van der Waals surface area (Å²) in [4.78, 5) is 12.3. The van der Waals surface area contributed by atoms with E-state index in [4.69, 9.17) is 13.9 Å². The Kier molecular flexibility index (Phi) is 3.80. The van der Waals surface area contributed by atoms with Gasteiger partial charge < -0.3 is 34.3 Å². The summed E-state index contributed by atoms with van der Waals surface area (Å²) in [7, 11) is 2.71. The Morgan fingerprint density at radius 1 is 0.840 bits per heavy atom. The Balaban J connectivity index is 2.31. The van der Waals surface area contributed by atoms with Gasteiger partial charge in [-0.2, -0.15) is 0 Å². The van der Waals surface area contributed by atoms with Gasteiger partial charge in [0.25, 0.3) is 0 Å². The van der Waals surface area contributed by atoms with Crippen LogP contribution in [0.25, 0.3) is 22.3 Å². The predicted molar refractivity (Wildman–Crippen MR) is 87.7 cm³/mol. The summed E-state index contributed by atoms with van der Waals surface area (Å²) in [5, 5.41) is 38.7. The molecule has 0 aliphatic heterocycles. The largest absolute Gasteiger partial charge is 0.504 e. The molecule has 0 spiro atoms. The van der Waals surface area contributed by atoms with Crippen molar-refractivity contribution in [3.8, 4) is 45.8 Å². The Morgan fingerprint density at radius 3 is 2.00 bits per heavy atom. The van der Waals surface area contributed by atoms with E-state index in [2.05, 4.69) is 0 Å². The maximum Gasteiger partial charge on any atom is 0.201 e. The second kappa shape index (κ2) is 5.82. The number of phenolic OH excluding ortho intramolecular Hbond substituents is 4. The molecule has 0 radical (unpaired) electrons. The molecule has 0 saturated heterocycles. The highest BCUT2D eigenvalue weighted by atomic mass is 16.5. The van der Waals surface area contributed by atoms with Gasteiger partial charge in [0.15, 0.2) is 28.4 Å². The van der Waals surface area contributed by atoms with Gasteiger partial charge in [0, 0.05) is 17.7 Å². The van der Waals surface area contributed by atoms with E-state index in [0.717, 1.165) is 12.1 Å². The molecule has 0 amide bonds. The lowest BCUT2D eigenvalue weighted by Crippen LogP contribution is -2.01. The van der Waals surface area contributed by atoms with Crippen LogP contribution in [-0.4, -0.2) is 34.6 Å². The minimum absolute atomic E-state index is 0.0820. The molecule has 0 atom stereocenters. The number of hydrogen-bond acceptors (Lipinski definition) is 8. The molecule has 0 aliphatic rings. The molecule has 3 rings (SSSR count). The lowest BCUT2D eigenvalue weighted by atomic mass is 10.1. The van der Waals surface area contributed by atoms with Crippen LogP contribution in [0, 0.1) is 0 Å². The minimum Gasteiger partial charge on any atom is -0.504 e. The average Bonchev–Trinajstić information content (AvgIpc) is 2.59. The lowest BCUT2D eigenvalue weighted by molar-refractivity contribution is 0.340. The van der Waals surface area contributed by atoms with Crippen molar-refractivity contribution in [1.29, 1.82) is 0 Å². The fourth-order valence-corrected chi connectivity index (χ4v) is 2.46. The van der Waals surface area contributed by atoms with E-state index in [-0.39, 0.29) is 34.0 Å². The normalized spacial score (nSPS) is 10.8. The maximum atomic E-state index is 12.3. The van der Waals surface area contributed by atoms with E-state index in [9.17, 15) is 25.2 Å². The Labute approximate surface area is 140 Å². The number of methoxy groups -OCH3 is 2. The van der Waals surface area contributed by atoms with Crippen LogP contribution in [-0.2, 0) is 0 Å². The molecule has 0 bridgehead atoms. The number of ether oxygens (including phenoxy) is 2. The summed E-state index contributed by atoms with van der Waals surface area (Å²) in [5.74, 6) is -2.12. The van der Waals surface area contributed by atoms with E-state index >= 15 is 0 Å². The Bertz CT molecular complexity index is 1010. The Hall–Kier alpha value is -3.55. The van der Waals surface area contributed by atoms with Crippen molar-refractivity contribution in [3.05, 3.63) is 34.5 Å². The molecule has 2 aromatic carbocycles. The molecule has 8 heteroatoms. The highest BCUT2D eigenvalue weighted by Crippen LogP contribution is 2.43. The first-order valence-electron chi connectivity index (χ1n) is 7.04. The molecule has 25 heavy (non-hydrogen) atoms. The van der Waals surface area contributed by atoms with Crippen LogP contribution in [0.4, 0.5) is 0 Å². The van der Waals surface area contributed by atoms with Gasteiger partial charge in [0.1, 0.15) is 16.7 Å². The van der Waals surface area contributed by atoms with E-state index in [1.165, 1.54) is 26.4 Å². The van der Waals surface area contributed by atoms with Crippen LogP contribution in [0.2, 0.25) is 0 Å². The quantitative estimate of drug-likeness (QED) is 0.532. The molecular formula is C17H14O8. The standard InChI is InChI=1S/C17H14O8/c1-23-12-3-7(4-13(24-2)16(12)21)10-5-8(18)14-11(25-10)6-9(19)15(20)17(14)22/h3-6,19-22H,1-2H3. The molecule has 1 aromatic heterocycles. The third-order valence-electron chi connectivity index (χ3n) is 3.71. The first-order chi connectivity index (χ1) is 11.9. The first-order valence-corrected chi connectivity index (χ1v) is 7.04. The molecule has 0 unspecified atom stereocenters. The molecule has 1 heterocycles. The molecule has 0 aliphatic carbocycles. The third kappa shape index (κ3) is 2.53. The number of aromatic hydroxyl groups is 4. The fourth-order valence-electron chi connectivity index (χ4n) is 2.46. The van der Waals surface area contributed by atoms with Crippen molar-refractivity contribution in [1.82, 2.24) is 0 Å². The van der Waals surface area contributed by atoms with E-state index < -0.39 is 22.7 Å². The summed E-state index contributed by atoms with van der Waals surface area (Å²) < 4.78 is 15.7. The molecule has 0 saturated carbocycles. The number of phenols is 4. The van der Waals surface area contributed by atoms with Gasteiger partial charge in [-0.05, 0) is 12.1 Å². The van der Waals surface area contributed by atoms with Crippen molar-refractivity contribution < 1.29 is 34.3 Å². The smallest absolute Gasteiger partial charge is 0.201 e. The van der Waals surface area contributed by atoms with E-state index in [1.54, 1.807) is 0 Å². The molecular weight excluding hydrogens is 332 g/mol. The van der Waals surface area contributed by atoms with Crippen LogP contribution in [0.5, 0.6) is 34.5 Å². The molecule has 8 nitrogen and oxygen atoms in total. The second-order valence-electron chi connectivity index (χ2n) is 5.17. The minimum atomic E-state index is -0.805. The van der Waals surface area contributed by atoms with Crippen molar-refractivity contribution in [2.24, 2.45) is 0 Å². The van der Waals surface area contributed by atoms with Crippen molar-refractivity contribution in [2.45, 2.75) is 0 Å². The van der Waals surface area contributed by atoms with Crippen molar-refractivity contribution in [3.63, 3.8) is 0 Å². The Morgan fingerprint density at radius 2 is 1.44 bits per heavy atom. The van der Waals surface area contributed by atoms with Crippen molar-refractivity contribution >= 4 is 11.0 Å². The third-order valence-corrected chi connectivity index (χ3v) is 3.71. The number of hydrogen-bond donors (Lipinski definition) is 4. The van der Waals surface area contributed by atoms with Crippen LogP contribution in [0.15, 0.2) is 33.5 Å². The van der Waals surface area contributed by atoms with Gasteiger partial charge in [0.2, 0.25) is 11.5 Å². The zero-order valence-electron chi connectivity index (χ0n) is 13.2. The van der Waals surface area contributed by atoms with Crippen LogP contribution in [0.3, 0.4) is 0 Å². The van der Waals surface area contributed by atoms with E-state index in [1.807, 2.05) is 0 Å². The molecule has 0 fully saturated rings. The van der Waals surface area contributed by atoms with E-state index in [0.29, 0.717) is 5.56 Å². The lowest BCUT2D eigenvalue weighted by Gasteiger charge is -2.11. The van der Waals surface area contributed by atoms with Gasteiger partial charge in [-0.25, -0.2) is 0 Å². The van der Waals surface area contributed by atoms with Gasteiger partial charge in [-0.3, -0.25) is 4.79 Å². The van der Waals surface area contributed by atoms with Gasteiger partial charge >= 0.3 is 0 Å². The fraction of sp³-hybridized carbons (Fsp3) is 0.118. The van der Waals surface area contributed by atoms with Crippen LogP contribution >= 0.6 is 0 Å². The molecule has 4 N–H and O–H groups in total. The summed E-state index contributed by atoms with van der Waals surface area (Å²) in [6.07, 6.45) is 0. The first kappa shape index (κ1) is 16.3. The highest BCUT2D eigenvalue weighted by molar-refractivity contribution is 5.89. The summed E-state index contributed by atoms with van der Waals surface area (Å²) >= 11 is 0. The maximum absolute atomic E-state index is 12.3. The number of fused-ring (bicyclic) bond motifs is 1. The SMILES string of the molecule is COc1cc(-c2cc(=O)c3c(O)c(O)c(O)cc3o2)cc(OC)c1O. The van der Waals surface area contributed by atoms with Crippen LogP contribution < -0.4 is 14.9 Å². The summed E-state index contributed by atoms with van der Waals surface area (Å²) in [5.41, 5.74) is -0.395. The number of benzene rings is 2. The van der Waals surface area contributed by atoms with Gasteiger partial charge in [-0.1, -0.05) is 0 Å². The van der Waals surface area contributed by atoms with Gasteiger partial charge in [0.05, 0.1) is 14.2 Å². The molecule has 130 valence electrons. The zero-order chi connectivity index (χ0) is 18.3. The average molecular weight is 346 g/mol. The second-order valence-corrected chi connectivity index (χ2v) is 5.17. The topological polar surface area (TPSA) is 130 Å². The molecule has 3 aromatic rings. The summed E-state index contributed by atoms with van der Waals surface area (Å²) in [6, 6.07) is 4.98.